The average Bonchev–Trinajstić information content (AvgIpc) is 2.73. The predicted molar refractivity (Wildman–Crippen MR) is 118 cm³/mol. The van der Waals surface area contributed by atoms with Crippen LogP contribution in [-0.2, 0) is 4.79 Å². The van der Waals surface area contributed by atoms with Crippen molar-refractivity contribution in [2.24, 2.45) is 0 Å². The summed E-state index contributed by atoms with van der Waals surface area (Å²) in [5, 5.41) is 1.14. The molecule has 1 fully saturated rings. The maximum atomic E-state index is 13.3. The number of fused-ring (bicyclic) bond motifs is 1. The fourth-order valence-corrected chi connectivity index (χ4v) is 4.81. The van der Waals surface area contributed by atoms with E-state index in [0.29, 0.717) is 16.1 Å². The molecule has 1 saturated heterocycles. The minimum Gasteiger partial charge on any atom is -0.339 e. The van der Waals surface area contributed by atoms with Gasteiger partial charge in [-0.05, 0) is 56.9 Å². The summed E-state index contributed by atoms with van der Waals surface area (Å²) < 4.78 is 1.65. The van der Waals surface area contributed by atoms with Crippen LogP contribution in [-0.4, -0.2) is 38.7 Å². The van der Waals surface area contributed by atoms with E-state index in [0.717, 1.165) is 30.6 Å². The summed E-state index contributed by atoms with van der Waals surface area (Å²) in [6.45, 7) is 4.90. The van der Waals surface area contributed by atoms with Crippen LogP contribution in [0.2, 0.25) is 0 Å². The van der Waals surface area contributed by atoms with Crippen molar-refractivity contribution in [2.45, 2.75) is 44.3 Å². The van der Waals surface area contributed by atoms with E-state index in [1.807, 2.05) is 54.3 Å². The molecule has 1 aliphatic rings. The molecule has 6 heteroatoms. The third-order valence-corrected chi connectivity index (χ3v) is 6.47. The van der Waals surface area contributed by atoms with Gasteiger partial charge in [0, 0.05) is 12.6 Å². The zero-order valence-electron chi connectivity index (χ0n) is 16.8. The highest BCUT2D eigenvalue weighted by molar-refractivity contribution is 7.99. The second-order valence-corrected chi connectivity index (χ2v) is 8.50. The number of aromatic nitrogens is 2. The summed E-state index contributed by atoms with van der Waals surface area (Å²) in [4.78, 5) is 32.9. The van der Waals surface area contributed by atoms with Gasteiger partial charge in [-0.1, -0.05) is 42.1 Å². The molecule has 1 amide bonds. The molecule has 0 radical (unpaired) electrons. The van der Waals surface area contributed by atoms with Gasteiger partial charge in [-0.3, -0.25) is 14.2 Å². The molecule has 150 valence electrons. The maximum absolute atomic E-state index is 13.3. The molecule has 1 aliphatic heterocycles. The highest BCUT2D eigenvalue weighted by atomic mass is 32.2. The summed E-state index contributed by atoms with van der Waals surface area (Å²) in [6, 6.07) is 15.4. The minimum atomic E-state index is -0.105. The lowest BCUT2D eigenvalue weighted by Crippen LogP contribution is -2.43. The molecular weight excluding hydrogens is 382 g/mol. The molecule has 2 aromatic carbocycles. The molecular formula is C23H25N3O2S. The summed E-state index contributed by atoms with van der Waals surface area (Å²) >= 11 is 1.34. The topological polar surface area (TPSA) is 55.2 Å². The number of likely N-dealkylation sites (tertiary alicyclic amines) is 1. The Morgan fingerprint density at radius 1 is 1.14 bits per heavy atom. The van der Waals surface area contributed by atoms with Crippen molar-refractivity contribution < 1.29 is 4.79 Å². The van der Waals surface area contributed by atoms with Crippen LogP contribution in [0.15, 0.2) is 58.5 Å². The van der Waals surface area contributed by atoms with Gasteiger partial charge in [0.05, 0.1) is 22.3 Å². The summed E-state index contributed by atoms with van der Waals surface area (Å²) in [5.74, 6) is 0.391. The van der Waals surface area contributed by atoms with Gasteiger partial charge in [0.2, 0.25) is 5.91 Å². The smallest absolute Gasteiger partial charge is 0.266 e. The normalized spacial score (nSPS) is 16.9. The number of rotatable bonds is 4. The lowest BCUT2D eigenvalue weighted by atomic mass is 10.0. The van der Waals surface area contributed by atoms with E-state index >= 15 is 0 Å². The number of para-hydroxylation sites is 2. The molecule has 0 aliphatic carbocycles. The maximum Gasteiger partial charge on any atom is 0.266 e. The second-order valence-electron chi connectivity index (χ2n) is 7.56. The number of piperidine rings is 1. The van der Waals surface area contributed by atoms with E-state index in [2.05, 4.69) is 6.92 Å². The van der Waals surface area contributed by atoms with Crippen molar-refractivity contribution in [3.63, 3.8) is 0 Å². The molecule has 29 heavy (non-hydrogen) atoms. The standard InChI is InChI=1S/C23H25N3O2S/c1-16-9-3-6-13-20(16)26-22(28)18-11-4-5-12-19(18)24-23(26)29-15-21(27)25-14-8-7-10-17(25)2/h3-6,9,11-13,17H,7-8,10,14-15H2,1-2H3. The zero-order valence-corrected chi connectivity index (χ0v) is 17.6. The van der Waals surface area contributed by atoms with Gasteiger partial charge in [0.15, 0.2) is 5.16 Å². The molecule has 0 bridgehead atoms. The monoisotopic (exact) mass is 407 g/mol. The molecule has 1 unspecified atom stereocenters. The Labute approximate surface area is 174 Å². The number of nitrogens with zero attached hydrogens (tertiary/aromatic N) is 3. The minimum absolute atomic E-state index is 0.105. The van der Waals surface area contributed by atoms with Gasteiger partial charge in [0.1, 0.15) is 0 Å². The van der Waals surface area contributed by atoms with E-state index in [-0.39, 0.29) is 23.3 Å². The van der Waals surface area contributed by atoms with Crippen LogP contribution in [0, 0.1) is 6.92 Å². The van der Waals surface area contributed by atoms with Gasteiger partial charge in [0.25, 0.3) is 5.56 Å². The molecule has 0 N–H and O–H groups in total. The molecule has 2 heterocycles. The number of thioether (sulfide) groups is 1. The number of carbonyl (C=O) groups excluding carboxylic acids is 1. The van der Waals surface area contributed by atoms with Crippen LogP contribution in [0.3, 0.4) is 0 Å². The number of hydrogen-bond acceptors (Lipinski definition) is 4. The first-order valence-electron chi connectivity index (χ1n) is 10.1. The Morgan fingerprint density at radius 3 is 2.69 bits per heavy atom. The lowest BCUT2D eigenvalue weighted by Gasteiger charge is -2.33. The third-order valence-electron chi connectivity index (χ3n) is 5.55. The summed E-state index contributed by atoms with van der Waals surface area (Å²) in [5.41, 5.74) is 2.34. The first kappa shape index (κ1) is 19.7. The Bertz CT molecular complexity index is 1110. The molecule has 5 nitrogen and oxygen atoms in total. The Morgan fingerprint density at radius 2 is 1.90 bits per heavy atom. The van der Waals surface area contributed by atoms with Crippen LogP contribution in [0.25, 0.3) is 16.6 Å². The number of benzene rings is 2. The van der Waals surface area contributed by atoms with Crippen molar-refractivity contribution in [1.82, 2.24) is 14.5 Å². The number of amides is 1. The first-order chi connectivity index (χ1) is 14.1. The van der Waals surface area contributed by atoms with Crippen LogP contribution < -0.4 is 5.56 Å². The van der Waals surface area contributed by atoms with Gasteiger partial charge in [-0.25, -0.2) is 4.98 Å². The molecule has 1 aromatic heterocycles. The summed E-state index contributed by atoms with van der Waals surface area (Å²) in [7, 11) is 0. The van der Waals surface area contributed by atoms with Crippen molar-refractivity contribution in [1.29, 1.82) is 0 Å². The Balaban J connectivity index is 1.73. The summed E-state index contributed by atoms with van der Waals surface area (Å²) in [6.07, 6.45) is 3.29. The molecule has 0 spiro atoms. The first-order valence-corrected chi connectivity index (χ1v) is 11.0. The van der Waals surface area contributed by atoms with Crippen molar-refractivity contribution in [3.05, 3.63) is 64.4 Å². The molecule has 0 saturated carbocycles. The number of carbonyl (C=O) groups is 1. The van der Waals surface area contributed by atoms with E-state index in [4.69, 9.17) is 4.98 Å². The van der Waals surface area contributed by atoms with Gasteiger partial charge >= 0.3 is 0 Å². The zero-order chi connectivity index (χ0) is 20.4. The Hall–Kier alpha value is -2.60. The largest absolute Gasteiger partial charge is 0.339 e. The van der Waals surface area contributed by atoms with Crippen molar-refractivity contribution in [2.75, 3.05) is 12.3 Å². The highest BCUT2D eigenvalue weighted by Gasteiger charge is 2.24. The van der Waals surface area contributed by atoms with E-state index < -0.39 is 0 Å². The fourth-order valence-electron chi connectivity index (χ4n) is 3.91. The van der Waals surface area contributed by atoms with Crippen molar-refractivity contribution >= 4 is 28.6 Å². The third kappa shape index (κ3) is 3.94. The van der Waals surface area contributed by atoms with Gasteiger partial charge in [-0.15, -0.1) is 0 Å². The van der Waals surface area contributed by atoms with E-state index in [1.54, 1.807) is 10.6 Å². The second kappa shape index (κ2) is 8.41. The molecule has 3 aromatic rings. The van der Waals surface area contributed by atoms with Gasteiger partial charge < -0.3 is 4.90 Å². The van der Waals surface area contributed by atoms with Crippen molar-refractivity contribution in [3.8, 4) is 5.69 Å². The van der Waals surface area contributed by atoms with Crippen LogP contribution in [0.4, 0.5) is 0 Å². The van der Waals surface area contributed by atoms with E-state index in [9.17, 15) is 9.59 Å². The number of hydrogen-bond donors (Lipinski definition) is 0. The highest BCUT2D eigenvalue weighted by Crippen LogP contribution is 2.24. The quantitative estimate of drug-likeness (QED) is 0.481. The molecule has 1 atom stereocenters. The average molecular weight is 408 g/mol. The van der Waals surface area contributed by atoms with Crippen LogP contribution >= 0.6 is 11.8 Å². The van der Waals surface area contributed by atoms with E-state index in [1.165, 1.54) is 18.2 Å². The van der Waals surface area contributed by atoms with Crippen LogP contribution in [0.5, 0.6) is 0 Å². The molecule has 4 rings (SSSR count). The number of aryl methyl sites for hydroxylation is 1. The van der Waals surface area contributed by atoms with Crippen LogP contribution in [0.1, 0.15) is 31.7 Å². The SMILES string of the molecule is Cc1ccccc1-n1c(SCC(=O)N2CCCCC2C)nc2ccccc2c1=O. The predicted octanol–water partition coefficient (Wildman–Crippen LogP) is 4.19. The Kier molecular flexibility index (Phi) is 5.72. The lowest BCUT2D eigenvalue weighted by molar-refractivity contribution is -0.131. The fraction of sp³-hybridized carbons (Fsp3) is 0.348. The van der Waals surface area contributed by atoms with Gasteiger partial charge in [-0.2, -0.15) is 0 Å².